The summed E-state index contributed by atoms with van der Waals surface area (Å²) in [7, 11) is -2.89. The Balaban J connectivity index is 5.07. The first-order chi connectivity index (χ1) is 11.5. The lowest BCUT2D eigenvalue weighted by atomic mass is 10.1. The SMILES string of the molecule is CCCCCCC(SC(CC)[Si](OCC)(OCC)OCC)C(=O)O. The fourth-order valence-corrected chi connectivity index (χ4v) is 7.94. The third-order valence-corrected chi connectivity index (χ3v) is 9.70. The highest BCUT2D eigenvalue weighted by atomic mass is 32.2. The topological polar surface area (TPSA) is 65.0 Å². The molecule has 24 heavy (non-hydrogen) atoms. The fraction of sp³-hybridized carbons (Fsp3) is 0.941. The zero-order valence-corrected chi connectivity index (χ0v) is 17.8. The van der Waals surface area contributed by atoms with Gasteiger partial charge in [0.25, 0.3) is 0 Å². The molecule has 0 bridgehead atoms. The summed E-state index contributed by atoms with van der Waals surface area (Å²) >= 11 is 1.47. The van der Waals surface area contributed by atoms with E-state index in [9.17, 15) is 9.90 Å². The van der Waals surface area contributed by atoms with E-state index in [1.165, 1.54) is 11.8 Å². The van der Waals surface area contributed by atoms with Gasteiger partial charge in [-0.25, -0.2) is 0 Å². The minimum absolute atomic E-state index is 0.0513. The number of carboxylic acids is 1. The molecule has 0 saturated heterocycles. The van der Waals surface area contributed by atoms with Crippen LogP contribution in [-0.2, 0) is 18.1 Å². The maximum Gasteiger partial charge on any atom is 0.514 e. The van der Waals surface area contributed by atoms with E-state index >= 15 is 0 Å². The summed E-state index contributed by atoms with van der Waals surface area (Å²) in [5, 5.41) is 9.17. The summed E-state index contributed by atoms with van der Waals surface area (Å²) in [5.74, 6) is -0.748. The smallest absolute Gasteiger partial charge is 0.480 e. The lowest BCUT2D eigenvalue weighted by Crippen LogP contribution is -2.55. The Hall–Kier alpha value is -0.0831. The number of unbranched alkanes of at least 4 members (excludes halogenated alkanes) is 3. The van der Waals surface area contributed by atoms with Crippen LogP contribution in [-0.4, -0.2) is 49.8 Å². The maximum absolute atomic E-state index is 11.7. The van der Waals surface area contributed by atoms with Gasteiger partial charge in [-0.2, -0.15) is 0 Å². The molecule has 0 spiro atoms. The molecule has 0 aliphatic carbocycles. The van der Waals surface area contributed by atoms with Crippen LogP contribution in [0.15, 0.2) is 0 Å². The normalized spacial score (nSPS) is 14.5. The molecule has 0 aromatic carbocycles. The zero-order chi connectivity index (χ0) is 18.4. The molecule has 144 valence electrons. The number of carbonyl (C=O) groups is 1. The fourth-order valence-electron chi connectivity index (χ4n) is 2.64. The van der Waals surface area contributed by atoms with Crippen LogP contribution in [0.2, 0.25) is 0 Å². The molecule has 0 heterocycles. The third-order valence-electron chi connectivity index (χ3n) is 3.73. The van der Waals surface area contributed by atoms with Gasteiger partial charge >= 0.3 is 14.8 Å². The molecule has 0 fully saturated rings. The average molecular weight is 381 g/mol. The van der Waals surface area contributed by atoms with E-state index in [1.807, 2.05) is 27.7 Å². The van der Waals surface area contributed by atoms with Crippen LogP contribution < -0.4 is 0 Å². The lowest BCUT2D eigenvalue weighted by Gasteiger charge is -2.35. The summed E-state index contributed by atoms with van der Waals surface area (Å²) in [6.07, 6.45) is 5.80. The Morgan fingerprint density at radius 2 is 1.50 bits per heavy atom. The van der Waals surface area contributed by atoms with Crippen molar-refractivity contribution < 1.29 is 23.2 Å². The van der Waals surface area contributed by atoms with E-state index in [2.05, 4.69) is 6.92 Å². The van der Waals surface area contributed by atoms with Crippen LogP contribution in [0.3, 0.4) is 0 Å². The van der Waals surface area contributed by atoms with Gasteiger partial charge in [0.15, 0.2) is 0 Å². The highest BCUT2D eigenvalue weighted by molar-refractivity contribution is 8.02. The van der Waals surface area contributed by atoms with Gasteiger partial charge in [-0.3, -0.25) is 4.79 Å². The molecule has 1 N–H and O–H groups in total. The molecule has 7 heteroatoms. The van der Waals surface area contributed by atoms with Gasteiger partial charge in [-0.05, 0) is 33.6 Å². The molecule has 2 unspecified atom stereocenters. The van der Waals surface area contributed by atoms with E-state index in [4.69, 9.17) is 13.3 Å². The first kappa shape index (κ1) is 23.9. The van der Waals surface area contributed by atoms with Crippen molar-refractivity contribution in [2.45, 2.75) is 83.3 Å². The second kappa shape index (κ2) is 14.1. The summed E-state index contributed by atoms with van der Waals surface area (Å²) < 4.78 is 17.9. The van der Waals surface area contributed by atoms with Gasteiger partial charge in [-0.1, -0.05) is 39.5 Å². The summed E-state index contributed by atoms with van der Waals surface area (Å²) in [4.78, 5) is 11.6. The second-order valence-corrected chi connectivity index (χ2v) is 10.2. The molecular weight excluding hydrogens is 344 g/mol. The number of rotatable bonds is 16. The van der Waals surface area contributed by atoms with E-state index in [1.54, 1.807) is 0 Å². The minimum Gasteiger partial charge on any atom is -0.480 e. The molecule has 0 aliphatic rings. The quantitative estimate of drug-likeness (QED) is 0.314. The molecule has 0 aliphatic heterocycles. The van der Waals surface area contributed by atoms with Crippen molar-refractivity contribution in [1.82, 2.24) is 0 Å². The average Bonchev–Trinajstić information content (AvgIpc) is 2.54. The number of carboxylic acid groups (broad SMARTS) is 1. The summed E-state index contributed by atoms with van der Waals surface area (Å²) in [6.45, 7) is 11.5. The highest BCUT2D eigenvalue weighted by Crippen LogP contribution is 2.33. The standard InChI is InChI=1S/C17H36O5SSi/c1-6-11-12-13-14-15(17(18)19)23-16(7-2)24(20-8-3,21-9-4)22-10-5/h15-16H,6-14H2,1-5H3,(H,18,19). The lowest BCUT2D eigenvalue weighted by molar-refractivity contribution is -0.136. The van der Waals surface area contributed by atoms with Crippen LogP contribution in [0.1, 0.15) is 73.1 Å². The number of aliphatic carboxylic acids is 1. The van der Waals surface area contributed by atoms with Crippen LogP contribution >= 0.6 is 11.8 Å². The van der Waals surface area contributed by atoms with Crippen molar-refractivity contribution in [2.75, 3.05) is 19.8 Å². The van der Waals surface area contributed by atoms with Gasteiger partial charge in [0.2, 0.25) is 0 Å². The predicted molar refractivity (Wildman–Crippen MR) is 102 cm³/mol. The van der Waals surface area contributed by atoms with E-state index in [0.717, 1.165) is 32.1 Å². The van der Waals surface area contributed by atoms with E-state index < -0.39 is 20.0 Å². The van der Waals surface area contributed by atoms with Gasteiger partial charge < -0.3 is 18.4 Å². The highest BCUT2D eigenvalue weighted by Gasteiger charge is 2.50. The number of thioether (sulfide) groups is 1. The maximum atomic E-state index is 11.7. The van der Waals surface area contributed by atoms with E-state index in [0.29, 0.717) is 26.2 Å². The Morgan fingerprint density at radius 1 is 0.958 bits per heavy atom. The summed E-state index contributed by atoms with van der Waals surface area (Å²) in [5.41, 5.74) is 0. The van der Waals surface area contributed by atoms with Crippen LogP contribution in [0.25, 0.3) is 0 Å². The largest absolute Gasteiger partial charge is 0.514 e. The van der Waals surface area contributed by atoms with Gasteiger partial charge in [0, 0.05) is 19.8 Å². The molecule has 2 atom stereocenters. The second-order valence-electron chi connectivity index (χ2n) is 5.61. The molecule has 0 amide bonds. The first-order valence-corrected chi connectivity index (χ1v) is 12.1. The van der Waals surface area contributed by atoms with Crippen LogP contribution in [0.5, 0.6) is 0 Å². The molecule has 0 aromatic rings. The Bertz CT molecular complexity index is 313. The van der Waals surface area contributed by atoms with Crippen LogP contribution in [0.4, 0.5) is 0 Å². The van der Waals surface area contributed by atoms with Crippen molar-refractivity contribution in [2.24, 2.45) is 0 Å². The van der Waals surface area contributed by atoms with Crippen molar-refractivity contribution in [1.29, 1.82) is 0 Å². The Labute approximate surface area is 153 Å². The molecular formula is C17H36O5SSi. The van der Waals surface area contributed by atoms with Crippen molar-refractivity contribution in [3.8, 4) is 0 Å². The van der Waals surface area contributed by atoms with Crippen molar-refractivity contribution >= 4 is 26.5 Å². The predicted octanol–water partition coefficient (Wildman–Crippen LogP) is 4.51. The molecule has 0 aromatic heterocycles. The van der Waals surface area contributed by atoms with Crippen LogP contribution in [0, 0.1) is 0 Å². The minimum atomic E-state index is -2.89. The Morgan fingerprint density at radius 3 is 1.88 bits per heavy atom. The molecule has 5 nitrogen and oxygen atoms in total. The number of hydrogen-bond donors (Lipinski definition) is 1. The Kier molecular flexibility index (Phi) is 14.1. The number of hydrogen-bond acceptors (Lipinski definition) is 5. The van der Waals surface area contributed by atoms with E-state index in [-0.39, 0.29) is 4.87 Å². The molecule has 0 radical (unpaired) electrons. The van der Waals surface area contributed by atoms with Gasteiger partial charge in [0.1, 0.15) is 5.25 Å². The molecule has 0 saturated carbocycles. The van der Waals surface area contributed by atoms with Gasteiger partial charge in [-0.15, -0.1) is 11.8 Å². The summed E-state index contributed by atoms with van der Waals surface area (Å²) in [6, 6.07) is 0. The molecule has 0 rings (SSSR count). The first-order valence-electron chi connectivity index (χ1n) is 9.31. The monoisotopic (exact) mass is 380 g/mol. The third kappa shape index (κ3) is 8.34. The van der Waals surface area contributed by atoms with Crippen molar-refractivity contribution in [3.05, 3.63) is 0 Å². The van der Waals surface area contributed by atoms with Gasteiger partial charge in [0.05, 0.1) is 4.87 Å². The zero-order valence-electron chi connectivity index (χ0n) is 16.0. The van der Waals surface area contributed by atoms with Crippen molar-refractivity contribution in [3.63, 3.8) is 0 Å².